The van der Waals surface area contributed by atoms with Crippen LogP contribution in [0.4, 0.5) is 0 Å². The minimum absolute atomic E-state index is 0.394. The Bertz CT molecular complexity index is 645. The highest BCUT2D eigenvalue weighted by molar-refractivity contribution is 6.16. The van der Waals surface area contributed by atoms with Gasteiger partial charge in [-0.2, -0.15) is 0 Å². The minimum Gasteiger partial charge on any atom is -0.503 e. The zero-order valence-electron chi connectivity index (χ0n) is 12.9. The number of hydrogen-bond donors (Lipinski definition) is 0. The van der Waals surface area contributed by atoms with Gasteiger partial charge in [0.05, 0.1) is 20.5 Å². The number of aryl methyl sites for hydroxylation is 2. The molecular formula is C19H20O3. The lowest BCUT2D eigenvalue weighted by molar-refractivity contribution is -0.133. The molecule has 22 heavy (non-hydrogen) atoms. The standard InChI is InChI=1S/C19H20O3/c1-21-14-18(19(20)22-2)17-11-7-6-10-16(17)13-12-15-8-4-3-5-9-15/h3-11,14H,12-13H2,1-2H3. The first-order chi connectivity index (χ1) is 10.8. The summed E-state index contributed by atoms with van der Waals surface area (Å²) < 4.78 is 9.89. The van der Waals surface area contributed by atoms with Crippen LogP contribution in [-0.4, -0.2) is 20.2 Å². The third-order valence-electron chi connectivity index (χ3n) is 3.47. The molecule has 0 saturated heterocycles. The summed E-state index contributed by atoms with van der Waals surface area (Å²) in [6, 6.07) is 18.1. The van der Waals surface area contributed by atoms with Gasteiger partial charge >= 0.3 is 5.97 Å². The average molecular weight is 296 g/mol. The molecule has 0 radical (unpaired) electrons. The van der Waals surface area contributed by atoms with E-state index in [1.807, 2.05) is 42.5 Å². The van der Waals surface area contributed by atoms with E-state index in [4.69, 9.17) is 9.47 Å². The normalized spacial score (nSPS) is 11.1. The SMILES string of the molecule is COC=C(C(=O)OC)c1ccccc1CCc1ccccc1. The minimum atomic E-state index is -0.394. The van der Waals surface area contributed by atoms with Crippen LogP contribution in [0.25, 0.3) is 5.57 Å². The van der Waals surface area contributed by atoms with Crippen LogP contribution in [0, 0.1) is 0 Å². The Hall–Kier alpha value is -2.55. The smallest absolute Gasteiger partial charge is 0.341 e. The Balaban J connectivity index is 2.26. The molecule has 0 N–H and O–H groups in total. The topological polar surface area (TPSA) is 35.5 Å². The van der Waals surface area contributed by atoms with Crippen molar-refractivity contribution >= 4 is 11.5 Å². The fourth-order valence-corrected chi connectivity index (χ4v) is 2.37. The first kappa shape index (κ1) is 15.8. The van der Waals surface area contributed by atoms with Crippen LogP contribution in [0.3, 0.4) is 0 Å². The molecule has 0 bridgehead atoms. The highest BCUT2D eigenvalue weighted by atomic mass is 16.5. The van der Waals surface area contributed by atoms with Crippen LogP contribution >= 0.6 is 0 Å². The zero-order chi connectivity index (χ0) is 15.8. The van der Waals surface area contributed by atoms with Crippen LogP contribution in [0.5, 0.6) is 0 Å². The summed E-state index contributed by atoms with van der Waals surface area (Å²) in [5, 5.41) is 0. The van der Waals surface area contributed by atoms with Crippen LogP contribution in [0.15, 0.2) is 60.9 Å². The molecule has 0 heterocycles. The Morgan fingerprint density at radius 1 is 0.955 bits per heavy atom. The number of esters is 1. The van der Waals surface area contributed by atoms with Gasteiger partial charge in [0.15, 0.2) is 0 Å². The lowest BCUT2D eigenvalue weighted by atomic mass is 9.95. The third kappa shape index (κ3) is 3.98. The van der Waals surface area contributed by atoms with Gasteiger partial charge in [-0.3, -0.25) is 0 Å². The van der Waals surface area contributed by atoms with Gasteiger partial charge in [0.25, 0.3) is 0 Å². The molecule has 0 aliphatic heterocycles. The van der Waals surface area contributed by atoms with E-state index in [1.54, 1.807) is 0 Å². The molecule has 2 rings (SSSR count). The van der Waals surface area contributed by atoms with Crippen molar-refractivity contribution in [1.82, 2.24) is 0 Å². The van der Waals surface area contributed by atoms with E-state index in [-0.39, 0.29) is 0 Å². The molecule has 3 nitrogen and oxygen atoms in total. The Morgan fingerprint density at radius 2 is 1.64 bits per heavy atom. The largest absolute Gasteiger partial charge is 0.503 e. The number of carbonyl (C=O) groups is 1. The first-order valence-corrected chi connectivity index (χ1v) is 7.19. The summed E-state index contributed by atoms with van der Waals surface area (Å²) in [4.78, 5) is 12.0. The van der Waals surface area contributed by atoms with Gasteiger partial charge in [0.1, 0.15) is 5.57 Å². The summed E-state index contributed by atoms with van der Waals surface area (Å²) in [6.45, 7) is 0. The summed E-state index contributed by atoms with van der Waals surface area (Å²) in [6.07, 6.45) is 3.20. The molecule has 0 aromatic heterocycles. The van der Waals surface area contributed by atoms with Crippen LogP contribution in [-0.2, 0) is 27.1 Å². The van der Waals surface area contributed by atoms with Gasteiger partial charge in [-0.15, -0.1) is 0 Å². The number of carbonyl (C=O) groups excluding carboxylic acids is 1. The van der Waals surface area contributed by atoms with Crippen molar-refractivity contribution in [3.05, 3.63) is 77.5 Å². The molecule has 0 aliphatic rings. The van der Waals surface area contributed by atoms with Gasteiger partial charge in [-0.25, -0.2) is 4.79 Å². The monoisotopic (exact) mass is 296 g/mol. The molecule has 0 aliphatic carbocycles. The fourth-order valence-electron chi connectivity index (χ4n) is 2.37. The lowest BCUT2D eigenvalue weighted by Gasteiger charge is -2.11. The van der Waals surface area contributed by atoms with Crippen LogP contribution < -0.4 is 0 Å². The molecule has 0 unspecified atom stereocenters. The highest BCUT2D eigenvalue weighted by Gasteiger charge is 2.16. The van der Waals surface area contributed by atoms with Crippen molar-refractivity contribution in [3.63, 3.8) is 0 Å². The van der Waals surface area contributed by atoms with Crippen LogP contribution in [0.2, 0.25) is 0 Å². The molecule has 0 saturated carbocycles. The zero-order valence-corrected chi connectivity index (χ0v) is 12.9. The molecule has 0 amide bonds. The molecule has 2 aromatic carbocycles. The van der Waals surface area contributed by atoms with E-state index in [9.17, 15) is 4.79 Å². The molecular weight excluding hydrogens is 276 g/mol. The Labute approximate surface area is 131 Å². The summed E-state index contributed by atoms with van der Waals surface area (Å²) in [5.41, 5.74) is 3.66. The quantitative estimate of drug-likeness (QED) is 0.464. The number of methoxy groups -OCH3 is 2. The lowest BCUT2D eigenvalue weighted by Crippen LogP contribution is -2.07. The maximum atomic E-state index is 12.0. The van der Waals surface area contributed by atoms with Gasteiger partial charge in [0, 0.05) is 0 Å². The number of benzene rings is 2. The van der Waals surface area contributed by atoms with Crippen molar-refractivity contribution in [1.29, 1.82) is 0 Å². The summed E-state index contributed by atoms with van der Waals surface area (Å²) in [7, 11) is 2.90. The van der Waals surface area contributed by atoms with Gasteiger partial charge < -0.3 is 9.47 Å². The van der Waals surface area contributed by atoms with Gasteiger partial charge in [0.2, 0.25) is 0 Å². The van der Waals surface area contributed by atoms with E-state index < -0.39 is 5.97 Å². The predicted octanol–water partition coefficient (Wildman–Crippen LogP) is 3.63. The van der Waals surface area contributed by atoms with Crippen molar-refractivity contribution in [2.75, 3.05) is 14.2 Å². The van der Waals surface area contributed by atoms with Crippen molar-refractivity contribution in [3.8, 4) is 0 Å². The molecule has 3 heteroatoms. The number of hydrogen-bond acceptors (Lipinski definition) is 3. The second-order valence-corrected chi connectivity index (χ2v) is 4.90. The van der Waals surface area contributed by atoms with E-state index in [0.29, 0.717) is 5.57 Å². The number of ether oxygens (including phenoxy) is 2. The fraction of sp³-hybridized carbons (Fsp3) is 0.211. The van der Waals surface area contributed by atoms with Crippen molar-refractivity contribution in [2.45, 2.75) is 12.8 Å². The van der Waals surface area contributed by atoms with E-state index >= 15 is 0 Å². The molecule has 114 valence electrons. The van der Waals surface area contributed by atoms with E-state index in [0.717, 1.165) is 24.0 Å². The molecule has 2 aromatic rings. The van der Waals surface area contributed by atoms with Gasteiger partial charge in [-0.1, -0.05) is 54.6 Å². The Kier molecular flexibility index (Phi) is 5.78. The van der Waals surface area contributed by atoms with Gasteiger partial charge in [-0.05, 0) is 29.5 Å². The molecule has 0 spiro atoms. The second-order valence-electron chi connectivity index (χ2n) is 4.90. The third-order valence-corrected chi connectivity index (χ3v) is 3.47. The predicted molar refractivity (Wildman–Crippen MR) is 87.3 cm³/mol. The maximum absolute atomic E-state index is 12.0. The second kappa shape index (κ2) is 8.03. The average Bonchev–Trinajstić information content (AvgIpc) is 2.58. The van der Waals surface area contributed by atoms with E-state index in [2.05, 4.69) is 12.1 Å². The summed E-state index contributed by atoms with van der Waals surface area (Å²) >= 11 is 0. The highest BCUT2D eigenvalue weighted by Crippen LogP contribution is 2.22. The maximum Gasteiger partial charge on any atom is 0.341 e. The molecule has 0 fully saturated rings. The van der Waals surface area contributed by atoms with Crippen molar-refractivity contribution in [2.24, 2.45) is 0 Å². The Morgan fingerprint density at radius 3 is 2.32 bits per heavy atom. The first-order valence-electron chi connectivity index (χ1n) is 7.19. The van der Waals surface area contributed by atoms with E-state index in [1.165, 1.54) is 26.0 Å². The number of rotatable bonds is 6. The summed E-state index contributed by atoms with van der Waals surface area (Å²) in [5.74, 6) is -0.394. The van der Waals surface area contributed by atoms with Crippen molar-refractivity contribution < 1.29 is 14.3 Å². The molecule has 0 atom stereocenters. The van der Waals surface area contributed by atoms with Crippen LogP contribution in [0.1, 0.15) is 16.7 Å².